The van der Waals surface area contributed by atoms with E-state index >= 15 is 0 Å². The minimum Gasteiger partial charge on any atom is -0.398 e. The molecule has 12 heavy (non-hydrogen) atoms. The van der Waals surface area contributed by atoms with Crippen LogP contribution in [0.1, 0.15) is 4.88 Å². The average Bonchev–Trinajstić information content (AvgIpc) is 2.29. The number of thiophene rings is 1. The predicted octanol–water partition coefficient (Wildman–Crippen LogP) is 3.08. The van der Waals surface area contributed by atoms with Gasteiger partial charge in [0.05, 0.1) is 0 Å². The Labute approximate surface area is 80.6 Å². The lowest BCUT2D eigenvalue weighted by atomic mass is 10.2. The Kier molecular flexibility index (Phi) is 1.77. The van der Waals surface area contributed by atoms with Crippen molar-refractivity contribution in [2.75, 3.05) is 5.73 Å². The van der Waals surface area contributed by atoms with Crippen molar-refractivity contribution in [1.29, 1.82) is 0 Å². The normalized spacial score (nSPS) is 10.8. The van der Waals surface area contributed by atoms with Crippen LogP contribution in [0, 0.1) is 6.92 Å². The third kappa shape index (κ3) is 1.19. The van der Waals surface area contributed by atoms with Crippen LogP contribution in [-0.4, -0.2) is 0 Å². The summed E-state index contributed by atoms with van der Waals surface area (Å²) in [7, 11) is 0. The third-order valence-corrected chi connectivity index (χ3v) is 3.03. The van der Waals surface area contributed by atoms with Gasteiger partial charge in [0, 0.05) is 25.5 Å². The number of aryl methyl sites for hydroxylation is 1. The Hall–Kier alpha value is -0.670. The Morgan fingerprint density at radius 3 is 2.83 bits per heavy atom. The van der Waals surface area contributed by atoms with Gasteiger partial charge in [0.25, 0.3) is 0 Å². The summed E-state index contributed by atoms with van der Waals surface area (Å²) in [6, 6.07) is 6.05. The number of hydrogen-bond acceptors (Lipinski definition) is 3. The number of benzene rings is 1. The first-order valence-electron chi connectivity index (χ1n) is 3.65. The van der Waals surface area contributed by atoms with E-state index in [4.69, 9.17) is 5.73 Å². The van der Waals surface area contributed by atoms with E-state index in [1.165, 1.54) is 9.58 Å². The average molecular weight is 195 g/mol. The van der Waals surface area contributed by atoms with Gasteiger partial charge < -0.3 is 5.73 Å². The molecule has 1 aromatic heterocycles. The Balaban J connectivity index is 2.88. The fourth-order valence-corrected chi connectivity index (χ4v) is 2.63. The lowest BCUT2D eigenvalue weighted by Gasteiger charge is -1.96. The Bertz CT molecular complexity index is 431. The molecule has 0 aliphatic rings. The molecule has 0 aliphatic carbocycles. The molecule has 0 atom stereocenters. The summed E-state index contributed by atoms with van der Waals surface area (Å²) in [5.74, 6) is 0. The molecule has 0 unspecified atom stereocenters. The zero-order chi connectivity index (χ0) is 8.72. The highest BCUT2D eigenvalue weighted by Crippen LogP contribution is 2.31. The third-order valence-electron chi connectivity index (χ3n) is 1.78. The van der Waals surface area contributed by atoms with Gasteiger partial charge in [0.1, 0.15) is 0 Å². The van der Waals surface area contributed by atoms with E-state index in [2.05, 4.69) is 25.6 Å². The van der Waals surface area contributed by atoms with Gasteiger partial charge in [-0.05, 0) is 25.1 Å². The summed E-state index contributed by atoms with van der Waals surface area (Å²) in [5.41, 5.74) is 6.65. The van der Waals surface area contributed by atoms with Gasteiger partial charge in [0.15, 0.2) is 0 Å². The van der Waals surface area contributed by atoms with Crippen LogP contribution < -0.4 is 5.73 Å². The molecule has 1 aromatic carbocycles. The van der Waals surface area contributed by atoms with Crippen molar-refractivity contribution in [1.82, 2.24) is 0 Å². The number of rotatable bonds is 0. The minimum atomic E-state index is 0.821. The molecular weight excluding hydrogens is 186 g/mol. The first-order chi connectivity index (χ1) is 5.66. The van der Waals surface area contributed by atoms with Gasteiger partial charge in [0.2, 0.25) is 0 Å². The van der Waals surface area contributed by atoms with Crippen LogP contribution in [0.15, 0.2) is 23.1 Å². The van der Waals surface area contributed by atoms with Gasteiger partial charge in [-0.2, -0.15) is 0 Å². The summed E-state index contributed by atoms with van der Waals surface area (Å²) < 4.78 is 1.22. The van der Waals surface area contributed by atoms with Crippen molar-refractivity contribution in [2.45, 2.75) is 11.8 Å². The summed E-state index contributed by atoms with van der Waals surface area (Å²) in [4.78, 5) is 2.22. The second-order valence-electron chi connectivity index (χ2n) is 2.80. The molecule has 62 valence electrons. The van der Waals surface area contributed by atoms with Gasteiger partial charge in [-0.1, -0.05) is 0 Å². The number of anilines is 1. The fourth-order valence-electron chi connectivity index (χ4n) is 1.28. The molecule has 2 aromatic rings. The highest BCUT2D eigenvalue weighted by atomic mass is 32.1. The lowest BCUT2D eigenvalue weighted by molar-refractivity contribution is 1.54. The molecule has 1 nitrogen and oxygen atoms in total. The molecular formula is C9H9NS2. The van der Waals surface area contributed by atoms with Gasteiger partial charge >= 0.3 is 0 Å². The number of nitrogens with two attached hydrogens (primary N) is 1. The minimum absolute atomic E-state index is 0.821. The van der Waals surface area contributed by atoms with Crippen molar-refractivity contribution >= 4 is 39.7 Å². The van der Waals surface area contributed by atoms with E-state index in [0.717, 1.165) is 16.0 Å². The maximum absolute atomic E-state index is 5.83. The van der Waals surface area contributed by atoms with E-state index in [1.807, 2.05) is 12.1 Å². The van der Waals surface area contributed by atoms with Crippen molar-refractivity contribution in [3.8, 4) is 0 Å². The highest BCUT2D eigenvalue weighted by Gasteiger charge is 2.02. The summed E-state index contributed by atoms with van der Waals surface area (Å²) in [6.07, 6.45) is 0. The first-order valence-corrected chi connectivity index (χ1v) is 4.92. The quantitative estimate of drug-likeness (QED) is 0.490. The van der Waals surface area contributed by atoms with E-state index in [9.17, 15) is 0 Å². The van der Waals surface area contributed by atoms with Gasteiger partial charge in [-0.25, -0.2) is 0 Å². The van der Waals surface area contributed by atoms with Crippen LogP contribution in [0.5, 0.6) is 0 Å². The smallest absolute Gasteiger partial charge is 0.0413 e. The molecule has 0 spiro atoms. The van der Waals surface area contributed by atoms with Crippen LogP contribution in [0.4, 0.5) is 5.69 Å². The standard InChI is InChI=1S/C9H9NS2/c1-5-2-7-8(10)3-6(11)4-9(7)12-5/h2-4,11H,10H2,1H3. The Morgan fingerprint density at radius 2 is 2.08 bits per heavy atom. The van der Waals surface area contributed by atoms with Gasteiger partial charge in [-0.15, -0.1) is 24.0 Å². The highest BCUT2D eigenvalue weighted by molar-refractivity contribution is 7.80. The van der Waals surface area contributed by atoms with Crippen molar-refractivity contribution in [3.05, 3.63) is 23.1 Å². The zero-order valence-corrected chi connectivity index (χ0v) is 8.38. The topological polar surface area (TPSA) is 26.0 Å². The molecule has 0 bridgehead atoms. The zero-order valence-electron chi connectivity index (χ0n) is 6.66. The van der Waals surface area contributed by atoms with E-state index < -0.39 is 0 Å². The molecule has 2 N–H and O–H groups in total. The largest absolute Gasteiger partial charge is 0.398 e. The molecule has 0 radical (unpaired) electrons. The molecule has 0 aliphatic heterocycles. The van der Waals surface area contributed by atoms with Crippen molar-refractivity contribution < 1.29 is 0 Å². The molecule has 0 amide bonds. The number of thiol groups is 1. The molecule has 3 heteroatoms. The SMILES string of the molecule is Cc1cc2c(N)cc(S)cc2s1. The second-order valence-corrected chi connectivity index (χ2v) is 4.61. The molecule has 1 heterocycles. The number of nitrogen functional groups attached to an aromatic ring is 1. The van der Waals surface area contributed by atoms with Crippen LogP contribution in [-0.2, 0) is 0 Å². The fraction of sp³-hybridized carbons (Fsp3) is 0.111. The maximum atomic E-state index is 5.83. The molecule has 0 saturated carbocycles. The number of hydrogen-bond donors (Lipinski definition) is 2. The van der Waals surface area contributed by atoms with E-state index in [1.54, 1.807) is 11.3 Å². The Morgan fingerprint density at radius 1 is 1.33 bits per heavy atom. The molecule has 0 fully saturated rings. The summed E-state index contributed by atoms with van der Waals surface area (Å²) in [6.45, 7) is 2.09. The van der Waals surface area contributed by atoms with Crippen molar-refractivity contribution in [2.24, 2.45) is 0 Å². The first kappa shape index (κ1) is 7.95. The lowest BCUT2D eigenvalue weighted by Crippen LogP contribution is -1.84. The van der Waals surface area contributed by atoms with Crippen LogP contribution >= 0.6 is 24.0 Å². The van der Waals surface area contributed by atoms with E-state index in [0.29, 0.717) is 0 Å². The van der Waals surface area contributed by atoms with Crippen LogP contribution in [0.3, 0.4) is 0 Å². The number of fused-ring (bicyclic) bond motifs is 1. The predicted molar refractivity (Wildman–Crippen MR) is 58.2 cm³/mol. The summed E-state index contributed by atoms with van der Waals surface area (Å²) in [5, 5.41) is 1.15. The van der Waals surface area contributed by atoms with Gasteiger partial charge in [-0.3, -0.25) is 0 Å². The summed E-state index contributed by atoms with van der Waals surface area (Å²) >= 11 is 6.02. The van der Waals surface area contributed by atoms with Crippen LogP contribution in [0.2, 0.25) is 0 Å². The maximum Gasteiger partial charge on any atom is 0.0413 e. The molecule has 0 saturated heterocycles. The second kappa shape index (κ2) is 2.68. The van der Waals surface area contributed by atoms with Crippen molar-refractivity contribution in [3.63, 3.8) is 0 Å². The monoisotopic (exact) mass is 195 g/mol. The van der Waals surface area contributed by atoms with E-state index in [-0.39, 0.29) is 0 Å². The van der Waals surface area contributed by atoms with Crippen LogP contribution in [0.25, 0.3) is 10.1 Å². The molecule has 2 rings (SSSR count).